The third-order valence-electron chi connectivity index (χ3n) is 5.50. The Balaban J connectivity index is 1.84. The van der Waals surface area contributed by atoms with Crippen LogP contribution in [-0.2, 0) is 23.9 Å². The molecule has 2 aliphatic heterocycles. The number of ether oxygens (including phenoxy) is 1. The summed E-state index contributed by atoms with van der Waals surface area (Å²) in [4.78, 5) is 50.9. The second kappa shape index (κ2) is 9.51. The van der Waals surface area contributed by atoms with Gasteiger partial charge in [-0.1, -0.05) is 23.7 Å². The molecular weight excluding hydrogens is 460 g/mol. The van der Waals surface area contributed by atoms with Crippen molar-refractivity contribution in [3.8, 4) is 0 Å². The summed E-state index contributed by atoms with van der Waals surface area (Å²) in [5, 5.41) is 13.0. The first kappa shape index (κ1) is 24.1. The van der Waals surface area contributed by atoms with Gasteiger partial charge in [-0.15, -0.1) is 11.8 Å². The number of carbonyl (C=O) groups is 3. The molecule has 12 heteroatoms. The molecule has 2 aliphatic rings. The number of piperazine rings is 1. The number of hydrogen-bond acceptors (Lipinski definition) is 8. The number of epoxide rings is 1. The molecule has 10 nitrogen and oxygen atoms in total. The van der Waals surface area contributed by atoms with Crippen molar-refractivity contribution in [2.24, 2.45) is 5.73 Å². The van der Waals surface area contributed by atoms with Crippen LogP contribution >= 0.6 is 23.4 Å². The number of carboxylic acid groups (broad SMARTS) is 1. The Morgan fingerprint density at radius 2 is 1.94 bits per heavy atom. The molecule has 0 spiro atoms. The lowest BCUT2D eigenvalue weighted by Gasteiger charge is -2.40. The van der Waals surface area contributed by atoms with Gasteiger partial charge in [0.15, 0.2) is 0 Å². The number of nitrogens with two attached hydrogens (primary N) is 1. The van der Waals surface area contributed by atoms with Crippen LogP contribution < -0.4 is 16.0 Å². The van der Waals surface area contributed by atoms with Crippen LogP contribution in [0.1, 0.15) is 6.92 Å². The van der Waals surface area contributed by atoms with E-state index in [4.69, 9.17) is 22.1 Å². The second-order valence-corrected chi connectivity index (χ2v) is 8.72. The van der Waals surface area contributed by atoms with Crippen molar-refractivity contribution in [1.29, 1.82) is 0 Å². The van der Waals surface area contributed by atoms with Gasteiger partial charge in [0.2, 0.25) is 11.6 Å². The van der Waals surface area contributed by atoms with Gasteiger partial charge in [-0.2, -0.15) is 0 Å². The Morgan fingerprint density at radius 3 is 2.44 bits per heavy atom. The molecule has 3 rings (SSSR count). The summed E-state index contributed by atoms with van der Waals surface area (Å²) in [7, 11) is 0. The Bertz CT molecular complexity index is 963. The number of carboxylic acids is 1. The Morgan fingerprint density at radius 1 is 1.28 bits per heavy atom. The number of halogens is 1. The fraction of sp³-hybridized carbons (Fsp3) is 0.450. The van der Waals surface area contributed by atoms with E-state index in [1.165, 1.54) is 6.92 Å². The first-order valence-electron chi connectivity index (χ1n) is 9.75. The van der Waals surface area contributed by atoms with E-state index in [0.29, 0.717) is 18.1 Å². The van der Waals surface area contributed by atoms with Gasteiger partial charge in [-0.3, -0.25) is 14.5 Å². The number of amides is 2. The Kier molecular flexibility index (Phi) is 7.16. The quantitative estimate of drug-likeness (QED) is 0.146. The minimum atomic E-state index is -2.39. The molecule has 2 atom stereocenters. The highest BCUT2D eigenvalue weighted by atomic mass is 35.5. The highest BCUT2D eigenvalue weighted by Crippen LogP contribution is 2.55. The van der Waals surface area contributed by atoms with Gasteiger partial charge in [0.25, 0.3) is 11.5 Å². The summed E-state index contributed by atoms with van der Waals surface area (Å²) >= 11 is 7.44. The number of nitrogens with one attached hydrogen (secondary N) is 1. The third-order valence-corrected chi connectivity index (χ3v) is 6.67. The summed E-state index contributed by atoms with van der Waals surface area (Å²) in [6.07, 6.45) is 0. The number of anilines is 1. The van der Waals surface area contributed by atoms with Crippen molar-refractivity contribution >= 4 is 52.8 Å². The number of primary amides is 1. The highest BCUT2D eigenvalue weighted by molar-refractivity contribution is 7.99. The van der Waals surface area contributed by atoms with Crippen molar-refractivity contribution < 1.29 is 29.0 Å². The molecule has 0 aromatic heterocycles. The molecule has 2 amide bonds. The molecular formula is C20H23ClN4O6S. The number of aliphatic carboxylic acids is 1. The predicted molar refractivity (Wildman–Crippen MR) is 119 cm³/mol. The van der Waals surface area contributed by atoms with Gasteiger partial charge in [0.1, 0.15) is 5.94 Å². The zero-order valence-corrected chi connectivity index (χ0v) is 18.9. The normalized spacial score (nSPS) is 25.0. The van der Waals surface area contributed by atoms with E-state index in [1.807, 2.05) is 23.1 Å². The standard InChI is InChI=1S/C20H23ClN4O6S/c1-13(27)23-12-32-11-14(10-26)20(19(31-20,17(22)28)18(29)30)25-8-6-24(7-9-25)16-5-3-2-4-15(16)21/h2-5H,6-9,11-12H2,1H3,(H2,22,28)(H,23,27)(H,29,30). The lowest BCUT2D eigenvalue weighted by atomic mass is 9.91. The first-order valence-corrected chi connectivity index (χ1v) is 11.3. The molecule has 4 N–H and O–H groups in total. The van der Waals surface area contributed by atoms with Gasteiger partial charge in [-0.05, 0) is 12.1 Å². The van der Waals surface area contributed by atoms with Crippen LogP contribution in [0.4, 0.5) is 5.69 Å². The Hall–Kier alpha value is -2.56. The molecule has 0 bridgehead atoms. The summed E-state index contributed by atoms with van der Waals surface area (Å²) in [5.74, 6) is -1.07. The number of hydrogen-bond donors (Lipinski definition) is 3. The molecule has 0 aliphatic carbocycles. The lowest BCUT2D eigenvalue weighted by molar-refractivity contribution is -0.148. The lowest BCUT2D eigenvalue weighted by Crippen LogP contribution is -2.59. The van der Waals surface area contributed by atoms with E-state index < -0.39 is 23.2 Å². The van der Waals surface area contributed by atoms with Crippen molar-refractivity contribution in [1.82, 2.24) is 10.2 Å². The van der Waals surface area contributed by atoms with Crippen molar-refractivity contribution in [2.75, 3.05) is 42.7 Å². The first-order chi connectivity index (χ1) is 15.2. The number of rotatable bonds is 9. The number of para-hydroxylation sites is 1. The summed E-state index contributed by atoms with van der Waals surface area (Å²) in [6.45, 7) is 2.83. The van der Waals surface area contributed by atoms with E-state index in [1.54, 1.807) is 16.9 Å². The van der Waals surface area contributed by atoms with Crippen LogP contribution in [0.25, 0.3) is 0 Å². The monoisotopic (exact) mass is 482 g/mol. The van der Waals surface area contributed by atoms with Crippen LogP contribution in [0.3, 0.4) is 0 Å². The van der Waals surface area contributed by atoms with E-state index in [0.717, 1.165) is 17.4 Å². The number of benzene rings is 1. The smallest absolute Gasteiger partial charge is 0.351 e. The minimum Gasteiger partial charge on any atom is -0.479 e. The maximum atomic E-state index is 12.2. The average molecular weight is 483 g/mol. The maximum absolute atomic E-state index is 12.2. The molecule has 2 saturated heterocycles. The predicted octanol–water partition coefficient (Wildman–Crippen LogP) is 0.0820. The van der Waals surface area contributed by atoms with E-state index in [9.17, 15) is 24.3 Å². The van der Waals surface area contributed by atoms with Crippen LogP contribution in [0.2, 0.25) is 5.02 Å². The van der Waals surface area contributed by atoms with Crippen LogP contribution in [0.5, 0.6) is 0 Å². The summed E-state index contributed by atoms with van der Waals surface area (Å²) in [5.41, 5.74) is 1.99. The molecule has 0 saturated carbocycles. The molecule has 1 aromatic rings. The van der Waals surface area contributed by atoms with Crippen LogP contribution in [-0.4, -0.2) is 82.9 Å². The zero-order valence-electron chi connectivity index (χ0n) is 17.3. The van der Waals surface area contributed by atoms with Crippen LogP contribution in [0.15, 0.2) is 29.8 Å². The fourth-order valence-corrected chi connectivity index (χ4v) is 5.05. The SMILES string of the molecule is CC(=O)NCSCC(=C=O)C1(N2CCN(c3ccccc3Cl)CC2)OC1(C(N)=O)C(=O)O. The largest absolute Gasteiger partial charge is 0.479 e. The van der Waals surface area contributed by atoms with E-state index in [2.05, 4.69) is 5.32 Å². The topological polar surface area (TPSA) is 146 Å². The van der Waals surface area contributed by atoms with Gasteiger partial charge in [-0.25, -0.2) is 9.59 Å². The van der Waals surface area contributed by atoms with Crippen LogP contribution in [0, 0.1) is 0 Å². The minimum absolute atomic E-state index is 0.00316. The maximum Gasteiger partial charge on any atom is 0.351 e. The highest BCUT2D eigenvalue weighted by Gasteiger charge is 2.84. The van der Waals surface area contributed by atoms with Gasteiger partial charge in [0, 0.05) is 38.9 Å². The molecule has 2 heterocycles. The molecule has 2 fully saturated rings. The molecule has 0 radical (unpaired) electrons. The summed E-state index contributed by atoms with van der Waals surface area (Å²) in [6, 6.07) is 7.34. The van der Waals surface area contributed by atoms with Crippen molar-refractivity contribution in [3.63, 3.8) is 0 Å². The average Bonchev–Trinajstić information content (AvgIpc) is 3.47. The number of nitrogens with zero attached hydrogens (tertiary/aromatic N) is 2. The molecule has 1 aromatic carbocycles. The third kappa shape index (κ3) is 4.10. The van der Waals surface area contributed by atoms with Crippen molar-refractivity contribution in [2.45, 2.75) is 18.2 Å². The Labute approximate surface area is 193 Å². The number of carbonyl (C=O) groups excluding carboxylic acids is 3. The van der Waals surface area contributed by atoms with E-state index in [-0.39, 0.29) is 36.2 Å². The number of thioether (sulfide) groups is 1. The molecule has 172 valence electrons. The van der Waals surface area contributed by atoms with Crippen molar-refractivity contribution in [3.05, 3.63) is 34.9 Å². The van der Waals surface area contributed by atoms with Gasteiger partial charge < -0.3 is 25.8 Å². The zero-order chi connectivity index (χ0) is 23.5. The molecule has 2 unspecified atom stereocenters. The second-order valence-electron chi connectivity index (χ2n) is 7.33. The van der Waals surface area contributed by atoms with Gasteiger partial charge >= 0.3 is 5.97 Å². The fourth-order valence-electron chi connectivity index (χ4n) is 3.93. The van der Waals surface area contributed by atoms with E-state index >= 15 is 0 Å². The molecule has 32 heavy (non-hydrogen) atoms. The van der Waals surface area contributed by atoms with Gasteiger partial charge in [0.05, 0.1) is 22.2 Å². The summed E-state index contributed by atoms with van der Waals surface area (Å²) < 4.78 is 5.56.